The number of carbonyl (C=O) groups is 6. The maximum absolute atomic E-state index is 12.1. The van der Waals surface area contributed by atoms with Crippen molar-refractivity contribution in [2.24, 2.45) is 20.0 Å². The number of amidine groups is 4. The molecule has 0 aliphatic carbocycles. The third-order valence-electron chi connectivity index (χ3n) is 13.7. The summed E-state index contributed by atoms with van der Waals surface area (Å²) in [5, 5.41) is 72.4. The number of hydrogen-bond acceptors (Lipinski definition) is 17. The van der Waals surface area contributed by atoms with Crippen LogP contribution in [0.3, 0.4) is 0 Å². The molecule has 5 aliphatic rings. The highest BCUT2D eigenvalue weighted by atomic mass is 16.5. The number of carboxylic acids is 6. The van der Waals surface area contributed by atoms with Gasteiger partial charge in [0.2, 0.25) is 0 Å². The van der Waals surface area contributed by atoms with Crippen LogP contribution in [0.4, 0.5) is 0 Å². The van der Waals surface area contributed by atoms with Crippen LogP contribution in [-0.4, -0.2) is 89.8 Å². The minimum atomic E-state index is -1.47. The number of carboxylic acid groups (broad SMARTS) is 6. The van der Waals surface area contributed by atoms with E-state index < -0.39 is 93.9 Å². The fourth-order valence-corrected chi connectivity index (χ4v) is 10.0. The van der Waals surface area contributed by atoms with E-state index in [4.69, 9.17) is 34.2 Å². The van der Waals surface area contributed by atoms with E-state index >= 15 is 0 Å². The molecule has 0 radical (unpaired) electrons. The highest BCUT2D eigenvalue weighted by Gasteiger charge is 2.38. The molecule has 0 amide bonds. The van der Waals surface area contributed by atoms with E-state index in [1.54, 1.807) is 54.6 Å². The van der Waals surface area contributed by atoms with Crippen molar-refractivity contribution in [3.8, 4) is 34.5 Å². The molecule has 0 saturated heterocycles. The summed E-state index contributed by atoms with van der Waals surface area (Å²) in [6.07, 6.45) is -3.24. The lowest BCUT2D eigenvalue weighted by Gasteiger charge is -2.14. The molecule has 0 aromatic heterocycles. The molecule has 80 heavy (non-hydrogen) atoms. The quantitative estimate of drug-likeness (QED) is 0.0552. The van der Waals surface area contributed by atoms with E-state index in [2.05, 4.69) is 21.3 Å². The van der Waals surface area contributed by atoms with Crippen molar-refractivity contribution >= 4 is 59.2 Å². The van der Waals surface area contributed by atoms with Gasteiger partial charge in [-0.3, -0.25) is 0 Å². The second-order valence-electron chi connectivity index (χ2n) is 18.7. The van der Waals surface area contributed by atoms with Gasteiger partial charge in [0, 0.05) is 44.5 Å². The Morgan fingerprint density at radius 3 is 0.988 bits per heavy atom. The average molecular weight is 1070 g/mol. The molecular weight excluding hydrogens is 1040 g/mol. The maximum Gasteiger partial charge on any atom is 0.336 e. The highest BCUT2D eigenvalue weighted by Crippen LogP contribution is 2.41. The lowest BCUT2D eigenvalue weighted by atomic mass is 10.0. The van der Waals surface area contributed by atoms with Gasteiger partial charge < -0.3 is 66.1 Å². The zero-order valence-corrected chi connectivity index (χ0v) is 41.1. The van der Waals surface area contributed by atoms with Crippen LogP contribution in [0.5, 0.6) is 34.5 Å². The summed E-state index contributed by atoms with van der Waals surface area (Å²) >= 11 is 0. The summed E-state index contributed by atoms with van der Waals surface area (Å²) in [6.45, 7) is 1.96. The number of aryl methyl sites for hydroxylation is 1. The van der Waals surface area contributed by atoms with Crippen LogP contribution in [0.25, 0.3) is 0 Å². The topological polar surface area (TPSA) is 349 Å². The molecule has 0 saturated carbocycles. The number of aromatic carboxylic acids is 6. The molecule has 5 aliphatic heterocycles. The number of benzene rings is 7. The normalized spacial score (nSPS) is 17.6. The first-order valence-electron chi connectivity index (χ1n) is 24.2. The van der Waals surface area contributed by atoms with Gasteiger partial charge in [-0.05, 0) is 104 Å². The minimum Gasteiger partial charge on any atom is -0.478 e. The molecule has 396 valence electrons. The van der Waals surface area contributed by atoms with Crippen molar-refractivity contribution in [2.45, 2.75) is 31.6 Å². The Hall–Kier alpha value is -11.4. The van der Waals surface area contributed by atoms with E-state index in [1.807, 2.05) is 25.1 Å². The van der Waals surface area contributed by atoms with Crippen LogP contribution < -0.4 is 35.5 Å². The highest BCUT2D eigenvalue weighted by molar-refractivity contribution is 6.10. The Morgan fingerprint density at radius 1 is 0.325 bits per heavy atom. The first-order valence-corrected chi connectivity index (χ1v) is 24.2. The number of nitrogens with one attached hydrogen (secondary N) is 4. The number of rotatable bonds is 12. The van der Waals surface area contributed by atoms with Crippen LogP contribution in [0.15, 0.2) is 147 Å². The second-order valence-corrected chi connectivity index (χ2v) is 18.7. The molecule has 8 bridgehead atoms. The van der Waals surface area contributed by atoms with Crippen LogP contribution in [0.2, 0.25) is 0 Å². The lowest BCUT2D eigenvalue weighted by molar-refractivity contribution is 0.0651. The predicted molar refractivity (Wildman–Crippen MR) is 281 cm³/mol. The van der Waals surface area contributed by atoms with Crippen LogP contribution in [0.1, 0.15) is 137 Å². The van der Waals surface area contributed by atoms with Gasteiger partial charge in [0.25, 0.3) is 0 Å². The summed E-state index contributed by atoms with van der Waals surface area (Å²) in [6, 6.07) is 32.0. The summed E-state index contributed by atoms with van der Waals surface area (Å²) in [5.74, 6) is -6.26. The van der Waals surface area contributed by atoms with Gasteiger partial charge in [-0.25, -0.2) is 48.7 Å². The molecule has 0 spiro atoms. The monoisotopic (exact) mass is 1070 g/mol. The van der Waals surface area contributed by atoms with Crippen molar-refractivity contribution in [1.82, 2.24) is 21.3 Å². The SMILES string of the molecule is Cc1ccc2c(c1)C1N=C3NC(N=C4NC(N=C5NC(N=C2N1)c1ccc(Oc2ccc(C(=O)O)c(C(=O)O)c2)cc15)c1ccc(Oc2ccc(C(=O)O)c(C(=O)O)c2)cc14)c1cc(Oc2ccc(C(=O)O)c(C(=O)O)c2)ccc13. The van der Waals surface area contributed by atoms with Gasteiger partial charge in [-0.15, -0.1) is 0 Å². The second kappa shape index (κ2) is 19.0. The van der Waals surface area contributed by atoms with Crippen molar-refractivity contribution in [2.75, 3.05) is 0 Å². The van der Waals surface area contributed by atoms with Crippen LogP contribution >= 0.6 is 0 Å². The molecule has 0 fully saturated rings. The molecule has 10 N–H and O–H groups in total. The Labute approximate surface area is 449 Å². The Kier molecular flexibility index (Phi) is 11.8. The molecule has 4 atom stereocenters. The largest absolute Gasteiger partial charge is 0.478 e. The molecule has 12 rings (SSSR count). The number of fused-ring (bicyclic) bond motifs is 20. The van der Waals surface area contributed by atoms with E-state index in [-0.39, 0.29) is 40.3 Å². The predicted octanol–water partition coefficient (Wildman–Crippen LogP) is 8.07. The number of aliphatic imine (C=N–C) groups is 4. The van der Waals surface area contributed by atoms with Gasteiger partial charge in [-0.1, -0.05) is 35.9 Å². The van der Waals surface area contributed by atoms with Crippen molar-refractivity contribution in [3.63, 3.8) is 0 Å². The lowest BCUT2D eigenvalue weighted by Crippen LogP contribution is -2.28. The maximum atomic E-state index is 12.1. The molecular formula is C57H38N8O15. The van der Waals surface area contributed by atoms with Crippen LogP contribution in [-0.2, 0) is 0 Å². The molecule has 23 heteroatoms. The molecule has 5 heterocycles. The van der Waals surface area contributed by atoms with E-state index in [9.17, 15) is 59.4 Å². The van der Waals surface area contributed by atoms with Gasteiger partial charge in [-0.2, -0.15) is 0 Å². The first-order chi connectivity index (χ1) is 38.4. The Balaban J connectivity index is 1.00. The summed E-state index contributed by atoms with van der Waals surface area (Å²) in [5.41, 5.74) is 3.34. The zero-order valence-electron chi connectivity index (χ0n) is 41.1. The van der Waals surface area contributed by atoms with Gasteiger partial charge in [0.05, 0.1) is 33.4 Å². The summed E-state index contributed by atoms with van der Waals surface area (Å²) < 4.78 is 18.5. The third-order valence-corrected chi connectivity index (χ3v) is 13.7. The van der Waals surface area contributed by atoms with Crippen LogP contribution in [0, 0.1) is 6.92 Å². The van der Waals surface area contributed by atoms with Crippen molar-refractivity contribution in [3.05, 3.63) is 211 Å². The smallest absolute Gasteiger partial charge is 0.336 e. The number of ether oxygens (including phenoxy) is 3. The van der Waals surface area contributed by atoms with E-state index in [0.717, 1.165) is 53.1 Å². The van der Waals surface area contributed by atoms with Crippen molar-refractivity contribution in [1.29, 1.82) is 0 Å². The number of hydrogen-bond donors (Lipinski definition) is 10. The standard InChI is InChI=1S/C57H38N8O15/c1-23-2-9-30-37(16-23)48-59-44(30)58-45-31-10-3-24(78-27-6-13-34(52(66)67)41(20-27)55(72)73)17-38(31)49(61-45)62-47-33-12-5-26(80-29-8-15-36(54(70)71)43(22-29)57(76)77)19-40(33)51(64-47)65-50-39-18-25(4-11-32(39)46(60-48)63-50)79-28-7-14-35(53(68)69)42(21-28)56(74)75/h2-22,45,47-48,50H,1H3,(H,58,59)(H,60,63)(H,61,62)(H,64,65)(H,66,67)(H,68,69)(H,70,71)(H,72,73)(H,74,75)(H,76,77). The molecule has 23 nitrogen and oxygen atoms in total. The zero-order chi connectivity index (χ0) is 55.8. The average Bonchev–Trinajstić information content (AvgIpc) is 4.22. The number of nitrogens with zero attached hydrogens (tertiary/aromatic N) is 4. The summed E-state index contributed by atoms with van der Waals surface area (Å²) in [7, 11) is 0. The van der Waals surface area contributed by atoms with E-state index in [0.29, 0.717) is 50.9 Å². The van der Waals surface area contributed by atoms with Crippen molar-refractivity contribution < 1.29 is 73.6 Å². The first kappa shape index (κ1) is 49.5. The molecule has 7 aromatic rings. The minimum absolute atomic E-state index is 0.0288. The Morgan fingerprint density at radius 2 is 0.613 bits per heavy atom. The molecule has 4 unspecified atom stereocenters. The fourth-order valence-electron chi connectivity index (χ4n) is 10.0. The van der Waals surface area contributed by atoms with Gasteiger partial charge in [0.1, 0.15) is 82.5 Å². The van der Waals surface area contributed by atoms with Gasteiger partial charge >= 0.3 is 35.8 Å². The fraction of sp³-hybridized carbons (Fsp3) is 0.0877. The Bertz CT molecular complexity index is 4090. The third kappa shape index (κ3) is 8.90. The van der Waals surface area contributed by atoms with Gasteiger partial charge in [0.15, 0.2) is 0 Å². The summed E-state index contributed by atoms with van der Waals surface area (Å²) in [4.78, 5) is 92.8. The van der Waals surface area contributed by atoms with E-state index in [1.165, 1.54) is 18.2 Å². The molecule has 7 aromatic carbocycles.